The molecule has 0 aliphatic carbocycles. The topological polar surface area (TPSA) is 60.2 Å². The summed E-state index contributed by atoms with van der Waals surface area (Å²) in [5.74, 6) is -0.552. The van der Waals surface area contributed by atoms with Gasteiger partial charge in [0.05, 0.1) is 0 Å². The summed E-state index contributed by atoms with van der Waals surface area (Å²) in [7, 11) is -3.72. The zero-order valence-corrected chi connectivity index (χ0v) is 7.88. The monoisotopic (exact) mass is 203 g/mol. The molecule has 3 nitrogen and oxygen atoms in total. The molecule has 1 rings (SSSR count). The summed E-state index contributed by atoms with van der Waals surface area (Å²) in [5.41, 5.74) is 0.102. The summed E-state index contributed by atoms with van der Waals surface area (Å²) >= 11 is 0. The van der Waals surface area contributed by atoms with Gasteiger partial charge in [0.15, 0.2) is 0 Å². The van der Waals surface area contributed by atoms with E-state index in [1.165, 1.54) is 25.1 Å². The number of nitrogens with two attached hydrogens (primary N) is 1. The molecule has 0 radical (unpaired) electrons. The molecule has 0 fully saturated rings. The molecule has 0 aliphatic rings. The summed E-state index contributed by atoms with van der Waals surface area (Å²) in [6, 6.07) is 5.68. The van der Waals surface area contributed by atoms with Crippen molar-refractivity contribution in [1.82, 2.24) is 0 Å². The molecule has 1 aromatic carbocycles. The first-order valence-corrected chi connectivity index (χ1v) is 5.30. The second-order valence-corrected chi connectivity index (χ2v) is 4.64. The highest BCUT2D eigenvalue weighted by Gasteiger charge is 2.20. The Labute approximate surface area is 76.4 Å². The summed E-state index contributed by atoms with van der Waals surface area (Å²) in [4.78, 5) is 0. The summed E-state index contributed by atoms with van der Waals surface area (Å²) in [6.45, 7) is 1.35. The van der Waals surface area contributed by atoms with Crippen LogP contribution in [-0.4, -0.2) is 8.42 Å². The third-order valence-corrected chi connectivity index (χ3v) is 3.08. The van der Waals surface area contributed by atoms with Crippen molar-refractivity contribution < 1.29 is 12.8 Å². The van der Waals surface area contributed by atoms with Gasteiger partial charge in [-0.05, 0) is 13.0 Å². The van der Waals surface area contributed by atoms with Crippen LogP contribution in [0.3, 0.4) is 0 Å². The van der Waals surface area contributed by atoms with Crippen LogP contribution < -0.4 is 5.14 Å². The van der Waals surface area contributed by atoms with E-state index in [-0.39, 0.29) is 5.56 Å². The van der Waals surface area contributed by atoms with Gasteiger partial charge in [-0.25, -0.2) is 17.9 Å². The second kappa shape index (κ2) is 3.43. The Morgan fingerprint density at radius 2 is 1.92 bits per heavy atom. The van der Waals surface area contributed by atoms with Crippen molar-refractivity contribution in [2.24, 2.45) is 5.14 Å². The number of hydrogen-bond donors (Lipinski definition) is 1. The van der Waals surface area contributed by atoms with Gasteiger partial charge >= 0.3 is 0 Å². The standard InChI is InChI=1S/C8H10FNO2S/c1-6(13(10,11)12)7-4-2-3-5-8(7)9/h2-6H,1H3,(H2,10,11,12). The van der Waals surface area contributed by atoms with E-state index in [0.29, 0.717) is 0 Å². The van der Waals surface area contributed by atoms with Crippen LogP contribution in [0.2, 0.25) is 0 Å². The molecular formula is C8H10FNO2S. The van der Waals surface area contributed by atoms with Crippen molar-refractivity contribution in [2.45, 2.75) is 12.2 Å². The van der Waals surface area contributed by atoms with Crippen molar-refractivity contribution in [1.29, 1.82) is 0 Å². The zero-order valence-electron chi connectivity index (χ0n) is 7.07. The van der Waals surface area contributed by atoms with Crippen LogP contribution in [-0.2, 0) is 10.0 Å². The number of hydrogen-bond acceptors (Lipinski definition) is 2. The quantitative estimate of drug-likeness (QED) is 0.784. The molecule has 1 unspecified atom stereocenters. The lowest BCUT2D eigenvalue weighted by molar-refractivity contribution is 0.575. The van der Waals surface area contributed by atoms with E-state index >= 15 is 0 Å². The van der Waals surface area contributed by atoms with Gasteiger partial charge in [0.1, 0.15) is 11.1 Å². The summed E-state index contributed by atoms with van der Waals surface area (Å²) in [6.07, 6.45) is 0. The number of sulfonamides is 1. The molecule has 0 aromatic heterocycles. The minimum atomic E-state index is -3.72. The lowest BCUT2D eigenvalue weighted by Gasteiger charge is -2.09. The first-order chi connectivity index (χ1) is 5.93. The van der Waals surface area contributed by atoms with Crippen LogP contribution >= 0.6 is 0 Å². The molecule has 0 saturated carbocycles. The highest BCUT2D eigenvalue weighted by atomic mass is 32.2. The fraction of sp³-hybridized carbons (Fsp3) is 0.250. The minimum Gasteiger partial charge on any atom is -0.228 e. The molecule has 5 heteroatoms. The Balaban J connectivity index is 3.17. The molecule has 0 bridgehead atoms. The van der Waals surface area contributed by atoms with Gasteiger partial charge in [0.25, 0.3) is 0 Å². The third-order valence-electron chi connectivity index (χ3n) is 1.84. The van der Waals surface area contributed by atoms with Crippen LogP contribution in [0.4, 0.5) is 4.39 Å². The molecule has 0 saturated heterocycles. The van der Waals surface area contributed by atoms with Crippen LogP contribution in [0, 0.1) is 5.82 Å². The normalized spacial score (nSPS) is 14.1. The largest absolute Gasteiger partial charge is 0.228 e. The van der Waals surface area contributed by atoms with E-state index in [9.17, 15) is 12.8 Å². The number of primary sulfonamides is 1. The van der Waals surface area contributed by atoms with Gasteiger partial charge in [0.2, 0.25) is 10.0 Å². The minimum absolute atomic E-state index is 0.102. The molecule has 72 valence electrons. The van der Waals surface area contributed by atoms with Crippen molar-refractivity contribution in [3.63, 3.8) is 0 Å². The van der Waals surface area contributed by atoms with Gasteiger partial charge < -0.3 is 0 Å². The summed E-state index contributed by atoms with van der Waals surface area (Å²) in [5, 5.41) is 3.88. The predicted octanol–water partition coefficient (Wildman–Crippen LogP) is 1.18. The van der Waals surface area contributed by atoms with Gasteiger partial charge in [0, 0.05) is 5.56 Å². The molecule has 0 heterocycles. The SMILES string of the molecule is CC(c1ccccc1F)S(N)(=O)=O. The fourth-order valence-electron chi connectivity index (χ4n) is 0.982. The Morgan fingerprint density at radius 3 is 2.38 bits per heavy atom. The average Bonchev–Trinajstić information content (AvgIpc) is 2.02. The highest BCUT2D eigenvalue weighted by molar-refractivity contribution is 7.89. The maximum absolute atomic E-state index is 13.1. The smallest absolute Gasteiger partial charge is 0.215 e. The van der Waals surface area contributed by atoms with E-state index in [1.54, 1.807) is 6.07 Å². The van der Waals surface area contributed by atoms with Gasteiger partial charge in [-0.15, -0.1) is 0 Å². The van der Waals surface area contributed by atoms with Crippen LogP contribution in [0.15, 0.2) is 24.3 Å². The van der Waals surface area contributed by atoms with Crippen LogP contribution in [0.5, 0.6) is 0 Å². The van der Waals surface area contributed by atoms with Gasteiger partial charge in [-0.2, -0.15) is 0 Å². The lowest BCUT2D eigenvalue weighted by Crippen LogP contribution is -2.20. The van der Waals surface area contributed by atoms with Crippen molar-refractivity contribution >= 4 is 10.0 Å². The van der Waals surface area contributed by atoms with E-state index in [1.807, 2.05) is 0 Å². The predicted molar refractivity (Wildman–Crippen MR) is 47.9 cm³/mol. The maximum Gasteiger partial charge on any atom is 0.215 e. The molecule has 1 atom stereocenters. The molecular weight excluding hydrogens is 193 g/mol. The van der Waals surface area contributed by atoms with Gasteiger partial charge in [-0.1, -0.05) is 18.2 Å². The van der Waals surface area contributed by atoms with Gasteiger partial charge in [-0.3, -0.25) is 0 Å². The lowest BCUT2D eigenvalue weighted by atomic mass is 10.1. The first-order valence-electron chi connectivity index (χ1n) is 3.69. The van der Waals surface area contributed by atoms with Crippen molar-refractivity contribution in [3.8, 4) is 0 Å². The molecule has 2 N–H and O–H groups in total. The highest BCUT2D eigenvalue weighted by Crippen LogP contribution is 2.21. The first kappa shape index (κ1) is 10.1. The van der Waals surface area contributed by atoms with Crippen molar-refractivity contribution in [2.75, 3.05) is 0 Å². The zero-order chi connectivity index (χ0) is 10.1. The number of benzene rings is 1. The van der Waals surface area contributed by atoms with E-state index < -0.39 is 21.1 Å². The Morgan fingerprint density at radius 1 is 1.38 bits per heavy atom. The third kappa shape index (κ3) is 2.26. The number of halogens is 1. The maximum atomic E-state index is 13.1. The Bertz CT molecular complexity index is 402. The number of rotatable bonds is 2. The fourth-order valence-corrected chi connectivity index (χ4v) is 1.53. The molecule has 13 heavy (non-hydrogen) atoms. The summed E-state index contributed by atoms with van der Waals surface area (Å²) < 4.78 is 34.8. The average molecular weight is 203 g/mol. The molecule has 0 amide bonds. The van der Waals surface area contributed by atoms with Crippen LogP contribution in [0.25, 0.3) is 0 Å². The molecule has 1 aromatic rings. The van der Waals surface area contributed by atoms with Crippen LogP contribution in [0.1, 0.15) is 17.7 Å². The van der Waals surface area contributed by atoms with E-state index in [0.717, 1.165) is 0 Å². The Kier molecular flexibility index (Phi) is 2.68. The van der Waals surface area contributed by atoms with E-state index in [4.69, 9.17) is 5.14 Å². The van der Waals surface area contributed by atoms with E-state index in [2.05, 4.69) is 0 Å². The molecule has 0 aliphatic heterocycles. The second-order valence-electron chi connectivity index (χ2n) is 2.75. The Hall–Kier alpha value is -0.940. The van der Waals surface area contributed by atoms with Crippen molar-refractivity contribution in [3.05, 3.63) is 35.6 Å². The molecule has 0 spiro atoms.